The van der Waals surface area contributed by atoms with E-state index in [1.165, 1.54) is 5.39 Å². The van der Waals surface area contributed by atoms with Crippen molar-refractivity contribution in [3.63, 3.8) is 0 Å². The van der Waals surface area contributed by atoms with Crippen molar-refractivity contribution in [3.8, 4) is 55.6 Å². The molecule has 0 unspecified atom stereocenters. The molecule has 0 fully saturated rings. The summed E-state index contributed by atoms with van der Waals surface area (Å²) in [6, 6.07) is 123. The largest absolute Gasteiger partial charge is 0.310 e. The molecule has 2 heteroatoms. The lowest BCUT2D eigenvalue weighted by molar-refractivity contribution is 1.30. The Morgan fingerprint density at radius 1 is 0.154 bits per heavy atom. The second-order valence-electron chi connectivity index (χ2n) is 26.4. The first-order valence-electron chi connectivity index (χ1n) is 39.2. The van der Waals surface area contributed by atoms with Crippen LogP contribution in [0.3, 0.4) is 0 Å². The maximum atomic E-state index is 9.73. The quantitative estimate of drug-likeness (QED) is 0.119. The molecule has 486 valence electrons. The van der Waals surface area contributed by atoms with E-state index < -0.39 is 0 Å². The number of anilines is 6. The van der Waals surface area contributed by atoms with Gasteiger partial charge < -0.3 is 9.80 Å². The van der Waals surface area contributed by atoms with Crippen LogP contribution >= 0.6 is 0 Å². The first kappa shape index (κ1) is 53.3. The standard InChI is InChI=1S/C52H35N.C50H33N/c1-2-12-36(13-3-1)37-22-24-38(25-23-37)39-26-30-43(31-27-39)53(52-35-42-15-5-7-17-46(42)48-19-10-11-21-50(48)52)44-32-28-40(29-33-44)51-34-41-14-4-6-16-45(41)47-18-8-9-20-49(47)51;1-2-12-37-31-38(22-21-34(37)11-1)35-23-27-41(28-24-35)51(50-33-40-14-4-6-16-44(40)46-18-9-10-20-48(46)50)42-29-25-36(26-30-42)49-32-39-13-3-5-15-43(39)45-17-7-8-19-47(45)49/h1-35H;1-33H/i28D,29D,32D,33D;25D,26D,29D,30D. The smallest absolute Gasteiger partial charge is 0.0645 e. The Hall–Kier alpha value is -13.7. The number of fused-ring (bicyclic) bond motifs is 13. The molecule has 20 aromatic rings. The average molecular weight is 1330 g/mol. The first-order chi connectivity index (χ1) is 54.9. The van der Waals surface area contributed by atoms with Gasteiger partial charge in [-0.25, -0.2) is 0 Å². The fourth-order valence-electron chi connectivity index (χ4n) is 15.3. The van der Waals surface area contributed by atoms with Crippen LogP contribution in [0.2, 0.25) is 0 Å². The molecule has 0 N–H and O–H groups in total. The normalized spacial score (nSPS) is 12.5. The van der Waals surface area contributed by atoms with Crippen LogP contribution in [0.4, 0.5) is 34.1 Å². The molecule has 0 aliphatic heterocycles. The molecule has 0 atom stereocenters. The van der Waals surface area contributed by atoms with Crippen molar-refractivity contribution in [2.75, 3.05) is 9.80 Å². The lowest BCUT2D eigenvalue weighted by Gasteiger charge is -2.28. The van der Waals surface area contributed by atoms with E-state index in [-0.39, 0.29) is 70.8 Å². The molecule has 0 spiro atoms. The molecule has 0 aliphatic carbocycles. The zero-order valence-corrected chi connectivity index (χ0v) is 56.5. The summed E-state index contributed by atoms with van der Waals surface area (Å²) < 4.78 is 77.3. The van der Waals surface area contributed by atoms with E-state index in [9.17, 15) is 11.0 Å². The summed E-state index contributed by atoms with van der Waals surface area (Å²) >= 11 is 0. The predicted molar refractivity (Wildman–Crippen MR) is 447 cm³/mol. The summed E-state index contributed by atoms with van der Waals surface area (Å²) in [4.78, 5) is 3.84. The third-order valence-corrected chi connectivity index (χ3v) is 20.4. The minimum Gasteiger partial charge on any atom is -0.310 e. The zero-order valence-electron chi connectivity index (χ0n) is 64.5. The van der Waals surface area contributed by atoms with E-state index in [0.717, 1.165) is 148 Å². The molecule has 104 heavy (non-hydrogen) atoms. The SMILES string of the molecule is [2H]c1c([2H])c(N(c2ccc(-c3ccc(-c4ccccc4)cc3)cc2)c2cc3ccccc3c3ccccc23)c([2H])c([2H])c1-c1cc2ccccc2c2ccccc12.[2H]c1c([2H])c(N(c2ccc(-c3ccc4ccccc4c3)cc2)c2cc3ccccc3c3ccccc23)c([2H])c([2H])c1-c1cc2ccccc2c2ccccc12. The van der Waals surface area contributed by atoms with Crippen LogP contribution in [-0.4, -0.2) is 0 Å². The molecule has 0 saturated heterocycles. The summed E-state index contributed by atoms with van der Waals surface area (Å²) in [5.41, 5.74) is 11.9. The van der Waals surface area contributed by atoms with Gasteiger partial charge in [-0.05, 0) is 221 Å². The summed E-state index contributed by atoms with van der Waals surface area (Å²) in [5, 5.41) is 18.5. The van der Waals surface area contributed by atoms with Crippen LogP contribution in [0.15, 0.2) is 412 Å². The number of rotatable bonds is 11. The zero-order chi connectivity index (χ0) is 75.8. The Labute approximate surface area is 616 Å². The molecule has 0 bridgehead atoms. The molecule has 20 rings (SSSR count). The number of benzene rings is 20. The minimum absolute atomic E-state index is 0.0840. The summed E-state index contributed by atoms with van der Waals surface area (Å²) in [7, 11) is 0. The van der Waals surface area contributed by atoms with Crippen LogP contribution in [-0.2, 0) is 0 Å². The lowest BCUT2D eigenvalue weighted by Crippen LogP contribution is -2.10. The molecule has 0 aliphatic rings. The van der Waals surface area contributed by atoms with Crippen molar-refractivity contribution in [1.29, 1.82) is 0 Å². The lowest BCUT2D eigenvalue weighted by atomic mass is 9.93. The summed E-state index contributed by atoms with van der Waals surface area (Å²) in [5.74, 6) is 0. The van der Waals surface area contributed by atoms with E-state index in [4.69, 9.17) is 0 Å². The van der Waals surface area contributed by atoms with Gasteiger partial charge in [-0.15, -0.1) is 0 Å². The Kier molecular flexibility index (Phi) is 13.6. The van der Waals surface area contributed by atoms with Gasteiger partial charge in [-0.2, -0.15) is 0 Å². The number of nitrogens with zero attached hydrogens (tertiary/aromatic N) is 2. The van der Waals surface area contributed by atoms with Gasteiger partial charge in [0.05, 0.1) is 22.3 Å². The molecule has 0 amide bonds. The maximum Gasteiger partial charge on any atom is 0.0645 e. The predicted octanol–water partition coefficient (Wildman–Crippen LogP) is 29.0. The molecular weight excluding hydrogens is 1250 g/mol. The fraction of sp³-hybridized carbons (Fsp3) is 0. The summed E-state index contributed by atoms with van der Waals surface area (Å²) in [6.45, 7) is 0. The Morgan fingerprint density at radius 2 is 0.423 bits per heavy atom. The van der Waals surface area contributed by atoms with Gasteiger partial charge in [0, 0.05) is 33.5 Å². The highest BCUT2D eigenvalue weighted by atomic mass is 15.1. The van der Waals surface area contributed by atoms with Gasteiger partial charge in [0.2, 0.25) is 0 Å². The molecule has 2 nitrogen and oxygen atoms in total. The van der Waals surface area contributed by atoms with E-state index in [1.807, 2.05) is 198 Å². The van der Waals surface area contributed by atoms with E-state index in [1.54, 1.807) is 0 Å². The average Bonchev–Trinajstić information content (AvgIpc) is 0.735. The molecule has 0 saturated carbocycles. The number of hydrogen-bond acceptors (Lipinski definition) is 2. The Morgan fingerprint density at radius 3 is 0.817 bits per heavy atom. The summed E-state index contributed by atoms with van der Waals surface area (Å²) in [6.07, 6.45) is 0. The maximum absolute atomic E-state index is 9.73. The second kappa shape index (κ2) is 26.5. The van der Waals surface area contributed by atoms with Crippen LogP contribution in [0.1, 0.15) is 11.0 Å². The molecule has 0 heterocycles. The monoisotopic (exact) mass is 1330 g/mol. The van der Waals surface area contributed by atoms with E-state index >= 15 is 0 Å². The first-order valence-corrected chi connectivity index (χ1v) is 35.2. The van der Waals surface area contributed by atoms with Gasteiger partial charge in [0.15, 0.2) is 0 Å². The highest BCUT2D eigenvalue weighted by Gasteiger charge is 2.22. The fourth-order valence-corrected chi connectivity index (χ4v) is 15.3. The van der Waals surface area contributed by atoms with Gasteiger partial charge in [-0.1, -0.05) is 334 Å². The van der Waals surface area contributed by atoms with Gasteiger partial charge in [-0.3, -0.25) is 0 Å². The van der Waals surface area contributed by atoms with E-state index in [0.29, 0.717) is 11.1 Å². The van der Waals surface area contributed by atoms with Crippen molar-refractivity contribution in [2.24, 2.45) is 0 Å². The third-order valence-electron chi connectivity index (χ3n) is 20.4. The van der Waals surface area contributed by atoms with Crippen molar-refractivity contribution >= 4 is 131 Å². The molecular formula is C102H68N2. The van der Waals surface area contributed by atoms with Crippen molar-refractivity contribution in [3.05, 3.63) is 412 Å². The highest BCUT2D eigenvalue weighted by molar-refractivity contribution is 6.18. The van der Waals surface area contributed by atoms with Crippen molar-refractivity contribution in [1.82, 2.24) is 0 Å². The molecule has 0 aromatic heterocycles. The van der Waals surface area contributed by atoms with Gasteiger partial charge >= 0.3 is 0 Å². The minimum atomic E-state index is -0.110. The topological polar surface area (TPSA) is 6.48 Å². The number of hydrogen-bond donors (Lipinski definition) is 0. The Balaban J connectivity index is 0.000000151. The third kappa shape index (κ3) is 11.3. The van der Waals surface area contributed by atoms with Gasteiger partial charge in [0.1, 0.15) is 0 Å². The molecule has 0 radical (unpaired) electrons. The Bertz CT molecular complexity index is 7110. The van der Waals surface area contributed by atoms with Crippen LogP contribution < -0.4 is 9.80 Å². The second-order valence-corrected chi connectivity index (χ2v) is 26.4. The molecule has 20 aromatic carbocycles. The van der Waals surface area contributed by atoms with Crippen LogP contribution in [0, 0.1) is 0 Å². The van der Waals surface area contributed by atoms with Crippen LogP contribution in [0.5, 0.6) is 0 Å². The van der Waals surface area contributed by atoms with E-state index in [2.05, 4.69) is 176 Å². The van der Waals surface area contributed by atoms with Crippen LogP contribution in [0.25, 0.3) is 153 Å². The van der Waals surface area contributed by atoms with Crippen molar-refractivity contribution in [2.45, 2.75) is 0 Å². The van der Waals surface area contributed by atoms with Crippen molar-refractivity contribution < 1.29 is 11.0 Å². The highest BCUT2D eigenvalue weighted by Crippen LogP contribution is 2.47. The van der Waals surface area contributed by atoms with Gasteiger partial charge in [0.25, 0.3) is 0 Å².